The van der Waals surface area contributed by atoms with Crippen molar-refractivity contribution in [2.45, 2.75) is 4.90 Å². The lowest BCUT2D eigenvalue weighted by Gasteiger charge is -2.00. The number of rotatable bonds is 2. The molecule has 8 heteroatoms. The second-order valence-corrected chi connectivity index (χ2v) is 5.10. The fourth-order valence-electron chi connectivity index (χ4n) is 0.776. The third-order valence-electron chi connectivity index (χ3n) is 1.32. The molecular weight excluding hydrogens is 294 g/mol. The average Bonchev–Trinajstić information content (AvgIpc) is 2.02. The van der Waals surface area contributed by atoms with Crippen molar-refractivity contribution in [2.75, 3.05) is 0 Å². The van der Waals surface area contributed by atoms with Gasteiger partial charge in [0.1, 0.15) is 0 Å². The van der Waals surface area contributed by atoms with Gasteiger partial charge in [-0.25, -0.2) is 8.42 Å². The SMILES string of the molecule is [N-]=[N+]=NS(=O)(=O)c1ccc(Br)cc1Cl. The van der Waals surface area contributed by atoms with Crippen molar-refractivity contribution in [2.24, 2.45) is 4.52 Å². The van der Waals surface area contributed by atoms with Crippen LogP contribution in [0.15, 0.2) is 32.1 Å². The van der Waals surface area contributed by atoms with Crippen LogP contribution in [0.25, 0.3) is 10.4 Å². The van der Waals surface area contributed by atoms with Gasteiger partial charge < -0.3 is 0 Å². The zero-order valence-corrected chi connectivity index (χ0v) is 9.71. The predicted octanol–water partition coefficient (Wildman–Crippen LogP) is 3.10. The summed E-state index contributed by atoms with van der Waals surface area (Å²) < 4.78 is 25.8. The molecular formula is C6H3BrClN3O2S. The fraction of sp³-hybridized carbons (Fsp3) is 0. The lowest BCUT2D eigenvalue weighted by molar-refractivity contribution is 0.597. The molecule has 5 nitrogen and oxygen atoms in total. The Morgan fingerprint density at radius 3 is 2.64 bits per heavy atom. The molecule has 0 fully saturated rings. The van der Waals surface area contributed by atoms with Crippen LogP contribution in [-0.2, 0) is 10.0 Å². The molecule has 74 valence electrons. The number of nitrogens with zero attached hydrogens (tertiary/aromatic N) is 3. The summed E-state index contributed by atoms with van der Waals surface area (Å²) in [5.74, 6) is 0. The van der Waals surface area contributed by atoms with E-state index in [0.717, 1.165) is 0 Å². The minimum absolute atomic E-state index is 0.00627. The number of hydrogen-bond donors (Lipinski definition) is 0. The maximum absolute atomic E-state index is 11.2. The summed E-state index contributed by atoms with van der Waals surface area (Å²) in [5, 5.41) is 0.00627. The van der Waals surface area contributed by atoms with Crippen LogP contribution in [0, 0.1) is 0 Å². The summed E-state index contributed by atoms with van der Waals surface area (Å²) in [4.78, 5) is 2.01. The highest BCUT2D eigenvalue weighted by molar-refractivity contribution is 9.10. The third-order valence-corrected chi connectivity index (χ3v) is 3.43. The zero-order chi connectivity index (χ0) is 10.8. The van der Waals surface area contributed by atoms with Crippen molar-refractivity contribution < 1.29 is 8.42 Å². The predicted molar refractivity (Wildman–Crippen MR) is 55.5 cm³/mol. The first-order chi connectivity index (χ1) is 6.47. The van der Waals surface area contributed by atoms with Crippen LogP contribution in [0.2, 0.25) is 5.02 Å². The molecule has 0 saturated carbocycles. The van der Waals surface area contributed by atoms with Gasteiger partial charge >= 0.3 is 0 Å². The van der Waals surface area contributed by atoms with Crippen LogP contribution in [0.3, 0.4) is 0 Å². The van der Waals surface area contributed by atoms with Gasteiger partial charge in [-0.15, -0.1) is 0 Å². The van der Waals surface area contributed by atoms with Crippen molar-refractivity contribution in [1.29, 1.82) is 0 Å². The molecule has 1 aromatic rings. The van der Waals surface area contributed by atoms with Crippen LogP contribution >= 0.6 is 27.5 Å². The van der Waals surface area contributed by atoms with Gasteiger partial charge in [-0.1, -0.05) is 27.5 Å². The third kappa shape index (κ3) is 2.39. The first-order valence-electron chi connectivity index (χ1n) is 3.24. The van der Waals surface area contributed by atoms with Gasteiger partial charge in [0.2, 0.25) is 0 Å². The smallest absolute Gasteiger partial charge is 0.216 e. The van der Waals surface area contributed by atoms with Crippen LogP contribution in [-0.4, -0.2) is 8.42 Å². The lowest BCUT2D eigenvalue weighted by atomic mass is 10.4. The number of benzene rings is 1. The molecule has 0 saturated heterocycles. The van der Waals surface area contributed by atoms with Gasteiger partial charge in [0.15, 0.2) is 0 Å². The molecule has 0 unspecified atom stereocenters. The molecule has 1 rings (SSSR count). The van der Waals surface area contributed by atoms with Crippen molar-refractivity contribution in [1.82, 2.24) is 0 Å². The van der Waals surface area contributed by atoms with Gasteiger partial charge in [-0.05, 0) is 23.7 Å². The van der Waals surface area contributed by atoms with Crippen molar-refractivity contribution >= 4 is 37.6 Å². The number of sulfonamides is 1. The average molecular weight is 297 g/mol. The summed E-state index contributed by atoms with van der Waals surface area (Å²) >= 11 is 8.78. The van der Waals surface area contributed by atoms with Crippen molar-refractivity contribution in [3.8, 4) is 0 Å². The highest BCUT2D eigenvalue weighted by Crippen LogP contribution is 2.26. The molecule has 0 aromatic heterocycles. The summed E-state index contributed by atoms with van der Waals surface area (Å²) in [6.45, 7) is 0. The fourth-order valence-corrected chi connectivity index (χ4v) is 2.47. The van der Waals surface area contributed by atoms with Crippen LogP contribution < -0.4 is 0 Å². The molecule has 0 spiro atoms. The number of hydrogen-bond acceptors (Lipinski definition) is 2. The highest BCUT2D eigenvalue weighted by atomic mass is 79.9. The van der Waals surface area contributed by atoms with Gasteiger partial charge in [0.05, 0.1) is 9.92 Å². The van der Waals surface area contributed by atoms with E-state index in [2.05, 4.69) is 25.4 Å². The van der Waals surface area contributed by atoms with E-state index in [9.17, 15) is 8.42 Å². The Hall–Kier alpha value is -0.750. The maximum Gasteiger partial charge on any atom is 0.265 e. The standard InChI is InChI=1S/C6H3BrClN3O2S/c7-4-1-2-6(5(8)3-4)14(12,13)11-10-9/h1-3H. The summed E-state index contributed by atoms with van der Waals surface area (Å²) in [5.41, 5.74) is 8.04. The topological polar surface area (TPSA) is 82.9 Å². The molecule has 0 amide bonds. The summed E-state index contributed by atoms with van der Waals surface area (Å²) in [6, 6.07) is 4.16. The largest absolute Gasteiger partial charge is 0.265 e. The van der Waals surface area contributed by atoms with E-state index in [-0.39, 0.29) is 9.92 Å². The first kappa shape index (κ1) is 11.3. The Morgan fingerprint density at radius 2 is 2.14 bits per heavy atom. The molecule has 0 heterocycles. The second-order valence-electron chi connectivity index (χ2n) is 2.22. The molecule has 0 aliphatic rings. The monoisotopic (exact) mass is 295 g/mol. The van der Waals surface area contributed by atoms with Gasteiger partial charge in [-0.3, -0.25) is 0 Å². The van der Waals surface area contributed by atoms with Crippen molar-refractivity contribution in [3.63, 3.8) is 0 Å². The molecule has 0 bridgehead atoms. The quantitative estimate of drug-likeness (QED) is 0.477. The molecule has 14 heavy (non-hydrogen) atoms. The van der Waals surface area contributed by atoms with E-state index < -0.39 is 10.0 Å². The zero-order valence-electron chi connectivity index (χ0n) is 6.55. The van der Waals surface area contributed by atoms with E-state index in [4.69, 9.17) is 17.1 Å². The van der Waals surface area contributed by atoms with Gasteiger partial charge in [0, 0.05) is 13.9 Å². The van der Waals surface area contributed by atoms with E-state index >= 15 is 0 Å². The minimum Gasteiger partial charge on any atom is -0.216 e. The van der Waals surface area contributed by atoms with E-state index in [1.165, 1.54) is 18.2 Å². The van der Waals surface area contributed by atoms with Gasteiger partial charge in [-0.2, -0.15) is 0 Å². The number of azide groups is 1. The second kappa shape index (κ2) is 4.18. The Morgan fingerprint density at radius 1 is 1.50 bits per heavy atom. The Labute approximate surface area is 93.5 Å². The molecule has 0 atom stereocenters. The van der Waals surface area contributed by atoms with E-state index in [1.807, 2.05) is 0 Å². The molecule has 0 N–H and O–H groups in total. The van der Waals surface area contributed by atoms with E-state index in [1.54, 1.807) is 0 Å². The molecule has 0 aliphatic heterocycles. The summed E-state index contributed by atoms with van der Waals surface area (Å²) in [6.07, 6.45) is 0. The normalized spacial score (nSPS) is 10.7. The Bertz CT molecular complexity index is 510. The lowest BCUT2D eigenvalue weighted by Crippen LogP contribution is -1.95. The highest BCUT2D eigenvalue weighted by Gasteiger charge is 2.15. The number of halogens is 2. The molecule has 0 radical (unpaired) electrons. The molecule has 1 aromatic carbocycles. The van der Waals surface area contributed by atoms with Crippen LogP contribution in [0.5, 0.6) is 0 Å². The Balaban J connectivity index is 3.41. The summed E-state index contributed by atoms with van der Waals surface area (Å²) in [7, 11) is -4.00. The maximum atomic E-state index is 11.2. The minimum atomic E-state index is -4.00. The van der Waals surface area contributed by atoms with Gasteiger partial charge in [0.25, 0.3) is 10.0 Å². The van der Waals surface area contributed by atoms with Crippen LogP contribution in [0.1, 0.15) is 0 Å². The van der Waals surface area contributed by atoms with Crippen molar-refractivity contribution in [3.05, 3.63) is 38.1 Å². The van der Waals surface area contributed by atoms with E-state index in [0.29, 0.717) is 4.47 Å². The first-order valence-corrected chi connectivity index (χ1v) is 5.85. The van der Waals surface area contributed by atoms with Crippen LogP contribution in [0.4, 0.5) is 0 Å². The Kier molecular flexibility index (Phi) is 3.38. The molecule has 0 aliphatic carbocycles.